The van der Waals surface area contributed by atoms with Gasteiger partial charge in [-0.25, -0.2) is 0 Å². The molecule has 0 saturated heterocycles. The zero-order chi connectivity index (χ0) is 20.5. The molecule has 0 spiro atoms. The summed E-state index contributed by atoms with van der Waals surface area (Å²) >= 11 is 1.72. The van der Waals surface area contributed by atoms with Crippen LogP contribution in [0.15, 0.2) is 91.0 Å². The van der Waals surface area contributed by atoms with Gasteiger partial charge in [-0.15, -0.1) is 0 Å². The summed E-state index contributed by atoms with van der Waals surface area (Å²) in [5, 5.41) is 3.71. The minimum absolute atomic E-state index is 0.244. The van der Waals surface area contributed by atoms with Crippen molar-refractivity contribution in [2.24, 2.45) is 0 Å². The molecule has 4 heteroatoms. The molecular weight excluding hydrogens is 378 g/mol. The number of nitrogens with one attached hydrogen (secondary N) is 1. The summed E-state index contributed by atoms with van der Waals surface area (Å²) in [5.74, 6) is 0.618. The van der Waals surface area contributed by atoms with Crippen molar-refractivity contribution in [2.45, 2.75) is 18.0 Å². The number of thioether (sulfide) groups is 1. The Labute approximate surface area is 177 Å². The number of hydrogen-bond donors (Lipinski definition) is 1. The maximum atomic E-state index is 12.7. The number of carbonyl (C=O) groups is 1. The summed E-state index contributed by atoms with van der Waals surface area (Å²) < 4.78 is 5.15. The summed E-state index contributed by atoms with van der Waals surface area (Å²) in [6.45, 7) is 0. The number of ether oxygens (including phenoxy) is 1. The van der Waals surface area contributed by atoms with E-state index in [4.69, 9.17) is 4.74 Å². The molecule has 3 nitrogen and oxygen atoms in total. The first-order valence-electron chi connectivity index (χ1n) is 9.73. The predicted octanol–water partition coefficient (Wildman–Crippen LogP) is 4.86. The third-order valence-corrected chi connectivity index (χ3v) is 5.75. The maximum Gasteiger partial charge on any atom is 0.322 e. The fraction of sp³-hybridized carbons (Fsp3) is 0.240. The van der Waals surface area contributed by atoms with Crippen molar-refractivity contribution < 1.29 is 9.53 Å². The largest absolute Gasteiger partial charge is 0.468 e. The van der Waals surface area contributed by atoms with Crippen LogP contribution < -0.4 is 5.32 Å². The first kappa shape index (κ1) is 21.2. The van der Waals surface area contributed by atoms with E-state index in [9.17, 15) is 4.79 Å². The topological polar surface area (TPSA) is 38.3 Å². The smallest absolute Gasteiger partial charge is 0.322 e. The van der Waals surface area contributed by atoms with Crippen molar-refractivity contribution in [3.8, 4) is 0 Å². The van der Waals surface area contributed by atoms with Crippen LogP contribution in [0.3, 0.4) is 0 Å². The fourth-order valence-electron chi connectivity index (χ4n) is 3.70. The quantitative estimate of drug-likeness (QED) is 0.407. The van der Waals surface area contributed by atoms with Crippen LogP contribution in [0.25, 0.3) is 0 Å². The van der Waals surface area contributed by atoms with Crippen LogP contribution in [0.2, 0.25) is 0 Å². The summed E-state index contributed by atoms with van der Waals surface area (Å²) in [6, 6.07) is 30.4. The minimum Gasteiger partial charge on any atom is -0.468 e. The lowest BCUT2D eigenvalue weighted by Gasteiger charge is -2.39. The molecule has 0 aliphatic rings. The van der Waals surface area contributed by atoms with Crippen molar-refractivity contribution in [1.82, 2.24) is 5.32 Å². The van der Waals surface area contributed by atoms with E-state index in [1.807, 2.05) is 60.9 Å². The molecule has 29 heavy (non-hydrogen) atoms. The monoisotopic (exact) mass is 405 g/mol. The lowest BCUT2D eigenvalue weighted by molar-refractivity contribution is -0.143. The van der Waals surface area contributed by atoms with E-state index in [2.05, 4.69) is 41.7 Å². The second kappa shape index (κ2) is 10.3. The number of esters is 1. The first-order valence-corrected chi connectivity index (χ1v) is 11.1. The summed E-state index contributed by atoms with van der Waals surface area (Å²) in [4.78, 5) is 12.7. The van der Waals surface area contributed by atoms with E-state index >= 15 is 0 Å². The summed E-state index contributed by atoms with van der Waals surface area (Å²) in [6.07, 6.45) is 2.73. The molecule has 1 unspecified atom stereocenters. The first-order chi connectivity index (χ1) is 14.2. The Hall–Kier alpha value is -2.56. The van der Waals surface area contributed by atoms with E-state index in [0.717, 1.165) is 22.4 Å². The van der Waals surface area contributed by atoms with Gasteiger partial charge in [-0.3, -0.25) is 10.1 Å². The van der Waals surface area contributed by atoms with Crippen LogP contribution in [0.4, 0.5) is 0 Å². The van der Waals surface area contributed by atoms with Gasteiger partial charge in [-0.2, -0.15) is 11.8 Å². The molecular formula is C25H27NO2S. The lowest BCUT2D eigenvalue weighted by Crippen LogP contribution is -2.53. The van der Waals surface area contributed by atoms with Gasteiger partial charge >= 0.3 is 5.97 Å². The van der Waals surface area contributed by atoms with Gasteiger partial charge in [0.05, 0.1) is 12.6 Å². The summed E-state index contributed by atoms with van der Waals surface area (Å²) in [7, 11) is 1.45. The van der Waals surface area contributed by atoms with Crippen LogP contribution in [0.1, 0.15) is 23.1 Å². The van der Waals surface area contributed by atoms with Crippen molar-refractivity contribution in [1.29, 1.82) is 0 Å². The molecule has 1 N–H and O–H groups in total. The molecule has 0 saturated carbocycles. The van der Waals surface area contributed by atoms with Gasteiger partial charge in [0.2, 0.25) is 0 Å². The van der Waals surface area contributed by atoms with Gasteiger partial charge in [-0.05, 0) is 35.1 Å². The molecule has 3 aromatic rings. The molecule has 150 valence electrons. The number of benzene rings is 3. The minimum atomic E-state index is -0.680. The van der Waals surface area contributed by atoms with Gasteiger partial charge in [-0.1, -0.05) is 91.0 Å². The number of hydrogen-bond acceptors (Lipinski definition) is 4. The number of methoxy groups -OCH3 is 1. The van der Waals surface area contributed by atoms with Crippen LogP contribution in [-0.2, 0) is 15.1 Å². The number of carbonyl (C=O) groups excluding carboxylic acids is 1. The van der Waals surface area contributed by atoms with Gasteiger partial charge in [0.1, 0.15) is 6.04 Å². The Balaban J connectivity index is 2.23. The highest BCUT2D eigenvalue weighted by atomic mass is 32.2. The summed E-state index contributed by atoms with van der Waals surface area (Å²) in [5.41, 5.74) is 2.56. The third-order valence-electron chi connectivity index (χ3n) is 5.11. The van der Waals surface area contributed by atoms with E-state index in [1.54, 1.807) is 11.8 Å². The normalized spacial score (nSPS) is 12.3. The lowest BCUT2D eigenvalue weighted by atomic mass is 9.76. The molecule has 0 radical (unpaired) electrons. The zero-order valence-corrected chi connectivity index (χ0v) is 17.7. The fourth-order valence-corrected chi connectivity index (χ4v) is 4.17. The van der Waals surface area contributed by atoms with E-state index in [-0.39, 0.29) is 5.97 Å². The Kier molecular flexibility index (Phi) is 7.50. The Morgan fingerprint density at radius 2 is 1.28 bits per heavy atom. The molecule has 0 heterocycles. The van der Waals surface area contributed by atoms with Crippen molar-refractivity contribution in [2.75, 3.05) is 19.1 Å². The predicted molar refractivity (Wildman–Crippen MR) is 121 cm³/mol. The van der Waals surface area contributed by atoms with E-state index < -0.39 is 11.6 Å². The van der Waals surface area contributed by atoms with E-state index in [0.29, 0.717) is 6.42 Å². The van der Waals surface area contributed by atoms with Gasteiger partial charge in [0, 0.05) is 0 Å². The molecule has 0 aliphatic heterocycles. The Morgan fingerprint density at radius 1 is 0.862 bits per heavy atom. The molecule has 0 bridgehead atoms. The van der Waals surface area contributed by atoms with E-state index in [1.165, 1.54) is 7.11 Å². The second-order valence-corrected chi connectivity index (χ2v) is 7.84. The van der Waals surface area contributed by atoms with Crippen LogP contribution in [-0.4, -0.2) is 31.1 Å². The molecule has 0 amide bonds. The standard InChI is InChI=1S/C25H27NO2S/c1-28-24(27)23(18-19-29-2)26-25(20-12-6-3-7-13-20,21-14-8-4-9-15-21)22-16-10-5-11-17-22/h3-17,23,26H,18-19H2,1-2H3. The SMILES string of the molecule is COC(=O)C(CCSC)NC(c1ccccc1)(c1ccccc1)c1ccccc1. The van der Waals surface area contributed by atoms with Crippen molar-refractivity contribution in [3.05, 3.63) is 108 Å². The zero-order valence-electron chi connectivity index (χ0n) is 16.9. The number of rotatable bonds is 9. The van der Waals surface area contributed by atoms with Crippen LogP contribution in [0.5, 0.6) is 0 Å². The molecule has 3 aromatic carbocycles. The average Bonchev–Trinajstić information content (AvgIpc) is 2.81. The molecule has 0 aromatic heterocycles. The second-order valence-electron chi connectivity index (χ2n) is 6.85. The van der Waals surface area contributed by atoms with Gasteiger partial charge < -0.3 is 4.74 Å². The molecule has 0 fully saturated rings. The average molecular weight is 406 g/mol. The van der Waals surface area contributed by atoms with Crippen molar-refractivity contribution >= 4 is 17.7 Å². The third kappa shape index (κ3) is 4.72. The van der Waals surface area contributed by atoms with Crippen molar-refractivity contribution in [3.63, 3.8) is 0 Å². The van der Waals surface area contributed by atoms with Crippen LogP contribution in [0, 0.1) is 0 Å². The Bertz CT molecular complexity index is 788. The molecule has 1 atom stereocenters. The highest BCUT2D eigenvalue weighted by Crippen LogP contribution is 2.37. The molecule has 0 aliphatic carbocycles. The molecule has 3 rings (SSSR count). The van der Waals surface area contributed by atoms with Gasteiger partial charge in [0.25, 0.3) is 0 Å². The van der Waals surface area contributed by atoms with Crippen LogP contribution >= 0.6 is 11.8 Å². The highest BCUT2D eigenvalue weighted by Gasteiger charge is 2.39. The van der Waals surface area contributed by atoms with Gasteiger partial charge in [0.15, 0.2) is 0 Å². The maximum absolute atomic E-state index is 12.7. The Morgan fingerprint density at radius 3 is 1.62 bits per heavy atom. The highest BCUT2D eigenvalue weighted by molar-refractivity contribution is 7.98.